The van der Waals surface area contributed by atoms with Gasteiger partial charge in [-0.15, -0.1) is 0 Å². The van der Waals surface area contributed by atoms with Crippen LogP contribution in [0, 0.1) is 0 Å². The zero-order valence-corrected chi connectivity index (χ0v) is 11.1. The SMILES string of the molecule is CCNC(CCc1ccccc1)c1nccn1C. The van der Waals surface area contributed by atoms with Gasteiger partial charge >= 0.3 is 0 Å². The molecule has 18 heavy (non-hydrogen) atoms. The van der Waals surface area contributed by atoms with Gasteiger partial charge < -0.3 is 9.88 Å². The maximum Gasteiger partial charge on any atom is 0.125 e. The van der Waals surface area contributed by atoms with Crippen LogP contribution in [-0.4, -0.2) is 16.1 Å². The van der Waals surface area contributed by atoms with Crippen LogP contribution in [0.3, 0.4) is 0 Å². The number of benzene rings is 1. The Balaban J connectivity index is 2.01. The number of rotatable bonds is 6. The summed E-state index contributed by atoms with van der Waals surface area (Å²) in [4.78, 5) is 4.45. The molecule has 96 valence electrons. The summed E-state index contributed by atoms with van der Waals surface area (Å²) in [7, 11) is 2.05. The number of hydrogen-bond acceptors (Lipinski definition) is 2. The minimum absolute atomic E-state index is 0.329. The Labute approximate surface area is 109 Å². The lowest BCUT2D eigenvalue weighted by atomic mass is 10.0. The maximum absolute atomic E-state index is 4.45. The summed E-state index contributed by atoms with van der Waals surface area (Å²) >= 11 is 0. The molecule has 3 nitrogen and oxygen atoms in total. The smallest absolute Gasteiger partial charge is 0.125 e. The van der Waals surface area contributed by atoms with Crippen LogP contribution in [0.15, 0.2) is 42.7 Å². The van der Waals surface area contributed by atoms with Crippen LogP contribution in [0.4, 0.5) is 0 Å². The van der Waals surface area contributed by atoms with Crippen LogP contribution in [0.2, 0.25) is 0 Å². The quantitative estimate of drug-likeness (QED) is 0.845. The second-order valence-electron chi connectivity index (χ2n) is 4.53. The number of aromatic nitrogens is 2. The third-order valence-electron chi connectivity index (χ3n) is 3.19. The summed E-state index contributed by atoms with van der Waals surface area (Å²) in [6.45, 7) is 3.10. The normalized spacial score (nSPS) is 12.6. The van der Waals surface area contributed by atoms with Crippen molar-refractivity contribution in [1.29, 1.82) is 0 Å². The van der Waals surface area contributed by atoms with Gasteiger partial charge in [-0.05, 0) is 24.9 Å². The molecule has 0 spiro atoms. The Kier molecular flexibility index (Phi) is 4.53. The third kappa shape index (κ3) is 3.20. The molecule has 1 aromatic heterocycles. The molecule has 0 aliphatic heterocycles. The first-order valence-electron chi connectivity index (χ1n) is 6.55. The molecule has 0 fully saturated rings. The first-order valence-corrected chi connectivity index (χ1v) is 6.55. The lowest BCUT2D eigenvalue weighted by Gasteiger charge is -2.17. The van der Waals surface area contributed by atoms with Crippen molar-refractivity contribution in [3.63, 3.8) is 0 Å². The molecule has 1 aromatic carbocycles. The molecule has 0 aliphatic rings. The third-order valence-corrected chi connectivity index (χ3v) is 3.19. The molecule has 0 radical (unpaired) electrons. The van der Waals surface area contributed by atoms with Crippen molar-refractivity contribution < 1.29 is 0 Å². The highest BCUT2D eigenvalue weighted by atomic mass is 15.1. The summed E-state index contributed by atoms with van der Waals surface area (Å²) in [6.07, 6.45) is 6.01. The van der Waals surface area contributed by atoms with Crippen LogP contribution in [0.25, 0.3) is 0 Å². The van der Waals surface area contributed by atoms with E-state index in [1.165, 1.54) is 5.56 Å². The fraction of sp³-hybridized carbons (Fsp3) is 0.400. The number of nitrogens with one attached hydrogen (secondary N) is 1. The molecule has 1 heterocycles. The summed E-state index contributed by atoms with van der Waals surface area (Å²) < 4.78 is 2.10. The highest BCUT2D eigenvalue weighted by Gasteiger charge is 2.14. The predicted octanol–water partition coefficient (Wildman–Crippen LogP) is 2.70. The van der Waals surface area contributed by atoms with Crippen molar-refractivity contribution in [1.82, 2.24) is 14.9 Å². The largest absolute Gasteiger partial charge is 0.337 e. The highest BCUT2D eigenvalue weighted by Crippen LogP contribution is 2.17. The van der Waals surface area contributed by atoms with Gasteiger partial charge in [-0.2, -0.15) is 0 Å². The minimum atomic E-state index is 0.329. The van der Waals surface area contributed by atoms with E-state index in [0.29, 0.717) is 6.04 Å². The molecular weight excluding hydrogens is 222 g/mol. The molecule has 2 rings (SSSR count). The van der Waals surface area contributed by atoms with Gasteiger partial charge in [-0.3, -0.25) is 0 Å². The standard InChI is InChI=1S/C15H21N3/c1-3-16-14(15-17-11-12-18(15)2)10-9-13-7-5-4-6-8-13/h4-8,11-12,14,16H,3,9-10H2,1-2H3. The van der Waals surface area contributed by atoms with E-state index in [0.717, 1.165) is 25.2 Å². The summed E-state index contributed by atoms with van der Waals surface area (Å²) in [5.41, 5.74) is 1.38. The van der Waals surface area contributed by atoms with E-state index in [-0.39, 0.29) is 0 Å². The van der Waals surface area contributed by atoms with Gasteiger partial charge in [0.25, 0.3) is 0 Å². The molecule has 1 N–H and O–H groups in total. The Hall–Kier alpha value is -1.61. The van der Waals surface area contributed by atoms with E-state index < -0.39 is 0 Å². The van der Waals surface area contributed by atoms with Crippen molar-refractivity contribution >= 4 is 0 Å². The molecular formula is C15H21N3. The van der Waals surface area contributed by atoms with E-state index in [4.69, 9.17) is 0 Å². The second kappa shape index (κ2) is 6.36. The van der Waals surface area contributed by atoms with E-state index >= 15 is 0 Å². The number of aryl methyl sites for hydroxylation is 2. The molecule has 2 aromatic rings. The Morgan fingerprint density at radius 3 is 2.67 bits per heavy atom. The predicted molar refractivity (Wildman–Crippen MR) is 74.4 cm³/mol. The summed E-state index contributed by atoms with van der Waals surface area (Å²) in [5.74, 6) is 1.12. The van der Waals surface area contributed by atoms with Crippen LogP contribution < -0.4 is 5.32 Å². The average molecular weight is 243 g/mol. The van der Waals surface area contributed by atoms with Gasteiger partial charge in [-0.25, -0.2) is 4.98 Å². The lowest BCUT2D eigenvalue weighted by Crippen LogP contribution is -2.24. The first kappa shape index (κ1) is 12.8. The monoisotopic (exact) mass is 243 g/mol. The van der Waals surface area contributed by atoms with Crippen LogP contribution in [0.5, 0.6) is 0 Å². The summed E-state index contributed by atoms with van der Waals surface area (Å²) in [5, 5.41) is 3.51. The lowest BCUT2D eigenvalue weighted by molar-refractivity contribution is 0.478. The van der Waals surface area contributed by atoms with E-state index in [2.05, 4.69) is 59.2 Å². The molecule has 0 saturated heterocycles. The van der Waals surface area contributed by atoms with Crippen molar-refractivity contribution in [2.75, 3.05) is 6.54 Å². The first-order chi connectivity index (χ1) is 8.81. The van der Waals surface area contributed by atoms with Gasteiger partial charge in [-0.1, -0.05) is 37.3 Å². The number of imidazole rings is 1. The summed E-state index contributed by atoms with van der Waals surface area (Å²) in [6, 6.07) is 10.9. The van der Waals surface area contributed by atoms with Crippen molar-refractivity contribution in [3.8, 4) is 0 Å². The van der Waals surface area contributed by atoms with Gasteiger partial charge in [0.05, 0.1) is 6.04 Å². The van der Waals surface area contributed by atoms with Gasteiger partial charge in [0.15, 0.2) is 0 Å². The molecule has 1 atom stereocenters. The van der Waals surface area contributed by atoms with Gasteiger partial charge in [0.2, 0.25) is 0 Å². The Morgan fingerprint density at radius 1 is 1.28 bits per heavy atom. The fourth-order valence-corrected chi connectivity index (χ4v) is 2.24. The van der Waals surface area contributed by atoms with Gasteiger partial charge in [0, 0.05) is 19.4 Å². The van der Waals surface area contributed by atoms with Gasteiger partial charge in [0.1, 0.15) is 5.82 Å². The minimum Gasteiger partial charge on any atom is -0.337 e. The molecule has 1 unspecified atom stereocenters. The van der Waals surface area contributed by atoms with Crippen molar-refractivity contribution in [3.05, 3.63) is 54.1 Å². The van der Waals surface area contributed by atoms with Crippen molar-refractivity contribution in [2.45, 2.75) is 25.8 Å². The van der Waals surface area contributed by atoms with Crippen LogP contribution in [-0.2, 0) is 13.5 Å². The maximum atomic E-state index is 4.45. The number of nitrogens with zero attached hydrogens (tertiary/aromatic N) is 2. The molecule has 0 amide bonds. The van der Waals surface area contributed by atoms with Crippen molar-refractivity contribution in [2.24, 2.45) is 7.05 Å². The highest BCUT2D eigenvalue weighted by molar-refractivity contribution is 5.15. The van der Waals surface area contributed by atoms with Crippen LogP contribution in [0.1, 0.15) is 30.8 Å². The number of hydrogen-bond donors (Lipinski definition) is 1. The molecule has 0 aliphatic carbocycles. The second-order valence-corrected chi connectivity index (χ2v) is 4.53. The average Bonchev–Trinajstić information content (AvgIpc) is 2.82. The molecule has 0 bridgehead atoms. The zero-order chi connectivity index (χ0) is 12.8. The fourth-order valence-electron chi connectivity index (χ4n) is 2.24. The molecule has 0 saturated carbocycles. The Bertz CT molecular complexity index is 462. The van der Waals surface area contributed by atoms with E-state index in [1.54, 1.807) is 0 Å². The molecule has 3 heteroatoms. The topological polar surface area (TPSA) is 29.9 Å². The zero-order valence-electron chi connectivity index (χ0n) is 11.1. The van der Waals surface area contributed by atoms with E-state index in [1.807, 2.05) is 12.4 Å². The van der Waals surface area contributed by atoms with Crippen LogP contribution >= 0.6 is 0 Å². The van der Waals surface area contributed by atoms with E-state index in [9.17, 15) is 0 Å². The Morgan fingerprint density at radius 2 is 2.06 bits per heavy atom.